The number of ketones is 1. The van der Waals surface area contributed by atoms with Gasteiger partial charge in [-0.15, -0.1) is 11.3 Å². The van der Waals surface area contributed by atoms with Crippen LogP contribution in [0.5, 0.6) is 17.2 Å². The van der Waals surface area contributed by atoms with Gasteiger partial charge in [0.05, 0.1) is 17.9 Å². The van der Waals surface area contributed by atoms with Gasteiger partial charge in [-0.05, 0) is 47.8 Å². The predicted octanol–water partition coefficient (Wildman–Crippen LogP) is 4.33. The van der Waals surface area contributed by atoms with Crippen molar-refractivity contribution < 1.29 is 28.6 Å². The van der Waals surface area contributed by atoms with Gasteiger partial charge in [-0.1, -0.05) is 18.2 Å². The number of nitrogens with zero attached hydrogens (tertiary/aromatic N) is 1. The molecule has 0 spiro atoms. The zero-order valence-electron chi connectivity index (χ0n) is 17.4. The first-order valence-electron chi connectivity index (χ1n) is 10.00. The van der Waals surface area contributed by atoms with Gasteiger partial charge in [-0.25, -0.2) is 0 Å². The van der Waals surface area contributed by atoms with Crippen LogP contribution >= 0.6 is 11.3 Å². The molecule has 0 saturated carbocycles. The van der Waals surface area contributed by atoms with Crippen LogP contribution in [-0.4, -0.2) is 37.9 Å². The van der Waals surface area contributed by atoms with Crippen LogP contribution < -0.4 is 14.4 Å². The number of benzene rings is 2. The molecule has 2 aromatic carbocycles. The lowest BCUT2D eigenvalue weighted by atomic mass is 10.1. The Morgan fingerprint density at radius 1 is 1.03 bits per heavy atom. The lowest BCUT2D eigenvalue weighted by molar-refractivity contribution is -0.147. The van der Waals surface area contributed by atoms with E-state index < -0.39 is 11.9 Å². The number of carbonyl (C=O) groups is 3. The summed E-state index contributed by atoms with van der Waals surface area (Å²) >= 11 is 1.30. The Labute approximate surface area is 189 Å². The molecule has 1 amide bonds. The van der Waals surface area contributed by atoms with E-state index in [2.05, 4.69) is 0 Å². The maximum absolute atomic E-state index is 12.5. The molecule has 0 radical (unpaired) electrons. The predicted molar refractivity (Wildman–Crippen MR) is 120 cm³/mol. The van der Waals surface area contributed by atoms with Gasteiger partial charge >= 0.3 is 5.97 Å². The number of hydrogen-bond donors (Lipinski definition) is 0. The zero-order chi connectivity index (χ0) is 22.5. The fraction of sp³-hybridized carbons (Fsp3) is 0.208. The minimum absolute atomic E-state index is 0.0471. The number of hydrogen-bond acceptors (Lipinski definition) is 7. The van der Waals surface area contributed by atoms with Crippen molar-refractivity contribution in [1.82, 2.24) is 0 Å². The summed E-state index contributed by atoms with van der Waals surface area (Å²) in [6.07, 6.45) is 0.0471. The minimum atomic E-state index is -0.608. The SMILES string of the molecule is COc1ccccc1Oc1ccc(N2C[C@@H](C(=O)OCC(=O)c3cccs3)CC2=O)cc1. The number of methoxy groups -OCH3 is 1. The zero-order valence-corrected chi connectivity index (χ0v) is 18.2. The average Bonchev–Trinajstić information content (AvgIpc) is 3.48. The smallest absolute Gasteiger partial charge is 0.311 e. The second-order valence-electron chi connectivity index (χ2n) is 7.16. The van der Waals surface area contributed by atoms with Crippen molar-refractivity contribution >= 4 is 34.7 Å². The van der Waals surface area contributed by atoms with Gasteiger partial charge in [0, 0.05) is 18.7 Å². The Morgan fingerprint density at radius 3 is 2.47 bits per heavy atom. The highest BCUT2D eigenvalue weighted by Gasteiger charge is 2.36. The molecule has 4 rings (SSSR count). The number of carbonyl (C=O) groups excluding carboxylic acids is 3. The molecule has 1 aliphatic rings. The quantitative estimate of drug-likeness (QED) is 0.375. The molecule has 0 N–H and O–H groups in total. The number of anilines is 1. The Hall–Kier alpha value is -3.65. The van der Waals surface area contributed by atoms with Gasteiger partial charge in [0.2, 0.25) is 11.7 Å². The molecule has 32 heavy (non-hydrogen) atoms. The number of ether oxygens (including phenoxy) is 3. The summed E-state index contributed by atoms with van der Waals surface area (Å²) in [5.74, 6) is 0.221. The van der Waals surface area contributed by atoms with E-state index >= 15 is 0 Å². The van der Waals surface area contributed by atoms with E-state index in [1.54, 1.807) is 65.9 Å². The Balaban J connectivity index is 1.35. The third kappa shape index (κ3) is 4.81. The van der Waals surface area contributed by atoms with Crippen LogP contribution in [0.15, 0.2) is 66.0 Å². The molecular formula is C24H21NO6S. The summed E-state index contributed by atoms with van der Waals surface area (Å²) in [6.45, 7) is -0.114. The van der Waals surface area contributed by atoms with E-state index in [9.17, 15) is 14.4 Å². The number of esters is 1. The van der Waals surface area contributed by atoms with Gasteiger partial charge < -0.3 is 19.1 Å². The lowest BCUT2D eigenvalue weighted by Crippen LogP contribution is -2.27. The normalized spacial score (nSPS) is 15.5. The van der Waals surface area contributed by atoms with Crippen LogP contribution in [-0.2, 0) is 14.3 Å². The van der Waals surface area contributed by atoms with E-state index in [0.29, 0.717) is 27.8 Å². The van der Waals surface area contributed by atoms with Crippen LogP contribution in [0.25, 0.3) is 0 Å². The first-order chi connectivity index (χ1) is 15.5. The van der Waals surface area contributed by atoms with Crippen molar-refractivity contribution in [2.24, 2.45) is 5.92 Å². The molecular weight excluding hydrogens is 430 g/mol. The van der Waals surface area contributed by atoms with Crippen molar-refractivity contribution in [3.63, 3.8) is 0 Å². The number of para-hydroxylation sites is 2. The first kappa shape index (κ1) is 21.6. The Bertz CT molecular complexity index is 1110. The fourth-order valence-electron chi connectivity index (χ4n) is 3.40. The average molecular weight is 452 g/mol. The van der Waals surface area contributed by atoms with Crippen molar-refractivity contribution in [2.45, 2.75) is 6.42 Å². The molecule has 1 atom stereocenters. The number of rotatable bonds is 8. The largest absolute Gasteiger partial charge is 0.493 e. The molecule has 7 nitrogen and oxygen atoms in total. The van der Waals surface area contributed by atoms with Crippen LogP contribution in [0.4, 0.5) is 5.69 Å². The van der Waals surface area contributed by atoms with Crippen LogP contribution in [0.1, 0.15) is 16.1 Å². The molecule has 164 valence electrons. The standard InChI is InChI=1S/C24H21NO6S/c1-29-20-5-2-3-6-21(20)31-18-10-8-17(9-11-18)25-14-16(13-23(25)27)24(28)30-15-19(26)22-7-4-12-32-22/h2-12,16H,13-15H2,1H3/t16-/m0/s1. The third-order valence-electron chi connectivity index (χ3n) is 5.05. The number of amides is 1. The second kappa shape index (κ2) is 9.65. The lowest BCUT2D eigenvalue weighted by Gasteiger charge is -2.17. The van der Waals surface area contributed by atoms with E-state index in [1.807, 2.05) is 12.1 Å². The highest BCUT2D eigenvalue weighted by atomic mass is 32.1. The van der Waals surface area contributed by atoms with Crippen LogP contribution in [0, 0.1) is 5.92 Å². The molecule has 1 fully saturated rings. The molecule has 0 aliphatic carbocycles. The monoisotopic (exact) mass is 451 g/mol. The van der Waals surface area contributed by atoms with E-state index in [0.717, 1.165) is 0 Å². The molecule has 0 unspecified atom stereocenters. The highest BCUT2D eigenvalue weighted by Crippen LogP contribution is 2.33. The maximum Gasteiger partial charge on any atom is 0.311 e. The summed E-state index contributed by atoms with van der Waals surface area (Å²) in [5, 5.41) is 1.79. The highest BCUT2D eigenvalue weighted by molar-refractivity contribution is 7.12. The van der Waals surface area contributed by atoms with Crippen LogP contribution in [0.2, 0.25) is 0 Å². The second-order valence-corrected chi connectivity index (χ2v) is 8.11. The number of Topliss-reactive ketones (excluding diaryl/α,β-unsaturated/α-hetero) is 1. The first-order valence-corrected chi connectivity index (χ1v) is 10.9. The van der Waals surface area contributed by atoms with Gasteiger partial charge in [0.1, 0.15) is 5.75 Å². The van der Waals surface area contributed by atoms with Crippen molar-refractivity contribution in [2.75, 3.05) is 25.2 Å². The molecule has 1 aromatic heterocycles. The summed E-state index contributed by atoms with van der Waals surface area (Å²) in [4.78, 5) is 39.0. The van der Waals surface area contributed by atoms with Gasteiger partial charge in [-0.2, -0.15) is 0 Å². The summed E-state index contributed by atoms with van der Waals surface area (Å²) in [7, 11) is 1.57. The Kier molecular flexibility index (Phi) is 6.51. The van der Waals surface area contributed by atoms with Gasteiger partial charge in [0.15, 0.2) is 18.1 Å². The molecule has 3 aromatic rings. The molecule has 0 bridgehead atoms. The molecule has 1 aliphatic heterocycles. The Morgan fingerprint density at radius 2 is 1.78 bits per heavy atom. The molecule has 1 saturated heterocycles. The van der Waals surface area contributed by atoms with E-state index in [4.69, 9.17) is 14.2 Å². The summed E-state index contributed by atoms with van der Waals surface area (Å²) in [6, 6.07) is 17.8. The molecule has 8 heteroatoms. The summed E-state index contributed by atoms with van der Waals surface area (Å²) < 4.78 is 16.3. The van der Waals surface area contributed by atoms with Gasteiger partial charge in [0.25, 0.3) is 0 Å². The van der Waals surface area contributed by atoms with Crippen molar-refractivity contribution in [3.8, 4) is 17.2 Å². The van der Waals surface area contributed by atoms with Gasteiger partial charge in [-0.3, -0.25) is 14.4 Å². The van der Waals surface area contributed by atoms with E-state index in [1.165, 1.54) is 11.3 Å². The minimum Gasteiger partial charge on any atom is -0.493 e. The summed E-state index contributed by atoms with van der Waals surface area (Å²) in [5.41, 5.74) is 0.660. The topological polar surface area (TPSA) is 82.1 Å². The fourth-order valence-corrected chi connectivity index (χ4v) is 4.05. The maximum atomic E-state index is 12.5. The van der Waals surface area contributed by atoms with Crippen molar-refractivity contribution in [3.05, 3.63) is 70.9 Å². The van der Waals surface area contributed by atoms with Crippen molar-refractivity contribution in [1.29, 1.82) is 0 Å². The third-order valence-corrected chi connectivity index (χ3v) is 5.96. The van der Waals surface area contributed by atoms with E-state index in [-0.39, 0.29) is 31.3 Å². The molecule has 2 heterocycles. The van der Waals surface area contributed by atoms with Crippen LogP contribution in [0.3, 0.4) is 0 Å². The number of thiophene rings is 1.